The molecule has 0 aliphatic rings. The van der Waals surface area contributed by atoms with E-state index in [1.165, 1.54) is 0 Å². The lowest BCUT2D eigenvalue weighted by Gasteiger charge is -1.99. The van der Waals surface area contributed by atoms with Crippen LogP contribution in [0, 0.1) is 0 Å². The standard InChI is InChI=1S/C18H13NO/c20-18(11-10-14-6-2-1-3-7-14)16-12-15-8-4-5-9-17(15)19-13-16/h1-13H/b11-10+. The Morgan fingerprint density at radius 1 is 0.950 bits per heavy atom. The molecule has 0 spiro atoms. The molecule has 2 aromatic carbocycles. The van der Waals surface area contributed by atoms with Crippen molar-refractivity contribution in [3.63, 3.8) is 0 Å². The molecule has 20 heavy (non-hydrogen) atoms. The summed E-state index contributed by atoms with van der Waals surface area (Å²) in [5.74, 6) is -0.0351. The number of fused-ring (bicyclic) bond motifs is 1. The van der Waals surface area contributed by atoms with Crippen molar-refractivity contribution in [3.8, 4) is 0 Å². The molecular weight excluding hydrogens is 246 g/mol. The van der Waals surface area contributed by atoms with Gasteiger partial charge in [0, 0.05) is 17.1 Å². The van der Waals surface area contributed by atoms with Crippen molar-refractivity contribution in [1.82, 2.24) is 4.98 Å². The summed E-state index contributed by atoms with van der Waals surface area (Å²) in [5, 5.41) is 0.978. The molecule has 96 valence electrons. The average molecular weight is 259 g/mol. The van der Waals surface area contributed by atoms with Crippen molar-refractivity contribution in [3.05, 3.63) is 84.1 Å². The van der Waals surface area contributed by atoms with E-state index >= 15 is 0 Å². The number of hydrogen-bond donors (Lipinski definition) is 0. The van der Waals surface area contributed by atoms with Crippen LogP contribution in [-0.4, -0.2) is 10.8 Å². The number of benzene rings is 2. The lowest BCUT2D eigenvalue weighted by Crippen LogP contribution is -1.95. The van der Waals surface area contributed by atoms with Crippen LogP contribution in [0.2, 0.25) is 0 Å². The molecule has 3 aromatic rings. The van der Waals surface area contributed by atoms with Crippen LogP contribution in [0.5, 0.6) is 0 Å². The minimum Gasteiger partial charge on any atom is -0.289 e. The second kappa shape index (κ2) is 5.49. The normalized spacial score (nSPS) is 11.0. The quantitative estimate of drug-likeness (QED) is 0.523. The molecule has 0 saturated heterocycles. The van der Waals surface area contributed by atoms with Crippen LogP contribution in [0.25, 0.3) is 17.0 Å². The first kappa shape index (κ1) is 12.3. The summed E-state index contributed by atoms with van der Waals surface area (Å²) in [6.45, 7) is 0. The molecular formula is C18H13NO. The van der Waals surface area contributed by atoms with Crippen LogP contribution < -0.4 is 0 Å². The van der Waals surface area contributed by atoms with E-state index < -0.39 is 0 Å². The molecule has 0 unspecified atom stereocenters. The van der Waals surface area contributed by atoms with Crippen LogP contribution in [0.3, 0.4) is 0 Å². The Hall–Kier alpha value is -2.74. The smallest absolute Gasteiger partial charge is 0.187 e. The molecule has 2 nitrogen and oxygen atoms in total. The van der Waals surface area contributed by atoms with Crippen molar-refractivity contribution < 1.29 is 4.79 Å². The van der Waals surface area contributed by atoms with Crippen LogP contribution in [-0.2, 0) is 0 Å². The molecule has 1 heterocycles. The van der Waals surface area contributed by atoms with Gasteiger partial charge in [-0.15, -0.1) is 0 Å². The Balaban J connectivity index is 1.87. The van der Waals surface area contributed by atoms with Gasteiger partial charge in [-0.05, 0) is 23.8 Å². The van der Waals surface area contributed by atoms with E-state index in [4.69, 9.17) is 0 Å². The highest BCUT2D eigenvalue weighted by Gasteiger charge is 2.03. The van der Waals surface area contributed by atoms with Gasteiger partial charge in [0.05, 0.1) is 5.52 Å². The largest absolute Gasteiger partial charge is 0.289 e. The molecule has 0 fully saturated rings. The molecule has 2 heteroatoms. The highest BCUT2D eigenvalue weighted by atomic mass is 16.1. The first-order valence-corrected chi connectivity index (χ1v) is 6.45. The SMILES string of the molecule is O=C(/C=C/c1ccccc1)c1cnc2ccccc2c1. The van der Waals surface area contributed by atoms with Crippen LogP contribution in [0.4, 0.5) is 0 Å². The highest BCUT2D eigenvalue weighted by Crippen LogP contribution is 2.13. The summed E-state index contributed by atoms with van der Waals surface area (Å²) in [5.41, 5.74) is 2.52. The predicted molar refractivity (Wildman–Crippen MR) is 81.5 cm³/mol. The zero-order valence-electron chi connectivity index (χ0n) is 10.9. The van der Waals surface area contributed by atoms with Gasteiger partial charge in [-0.2, -0.15) is 0 Å². The number of hydrogen-bond acceptors (Lipinski definition) is 2. The van der Waals surface area contributed by atoms with Gasteiger partial charge in [0.15, 0.2) is 5.78 Å². The van der Waals surface area contributed by atoms with Crippen LogP contribution in [0.15, 0.2) is 72.9 Å². The molecule has 0 bridgehead atoms. The Morgan fingerprint density at radius 2 is 1.70 bits per heavy atom. The fourth-order valence-corrected chi connectivity index (χ4v) is 2.04. The molecule has 3 rings (SSSR count). The minimum atomic E-state index is -0.0351. The summed E-state index contributed by atoms with van der Waals surface area (Å²) in [4.78, 5) is 16.4. The third-order valence-corrected chi connectivity index (χ3v) is 3.10. The molecule has 0 aliphatic heterocycles. The van der Waals surface area contributed by atoms with Crippen molar-refractivity contribution in [2.24, 2.45) is 0 Å². The average Bonchev–Trinajstić information content (AvgIpc) is 2.53. The molecule has 0 radical (unpaired) electrons. The zero-order valence-corrected chi connectivity index (χ0v) is 10.9. The van der Waals surface area contributed by atoms with E-state index in [0.717, 1.165) is 16.5 Å². The van der Waals surface area contributed by atoms with E-state index in [-0.39, 0.29) is 5.78 Å². The van der Waals surface area contributed by atoms with Gasteiger partial charge in [0.1, 0.15) is 0 Å². The number of carbonyl (C=O) groups is 1. The number of pyridine rings is 1. The van der Waals surface area contributed by atoms with E-state index in [2.05, 4.69) is 4.98 Å². The second-order valence-electron chi connectivity index (χ2n) is 4.52. The zero-order chi connectivity index (χ0) is 13.8. The first-order valence-electron chi connectivity index (χ1n) is 6.45. The van der Waals surface area contributed by atoms with Gasteiger partial charge in [0.25, 0.3) is 0 Å². The van der Waals surface area contributed by atoms with Crippen molar-refractivity contribution in [1.29, 1.82) is 0 Å². The molecule has 0 amide bonds. The maximum absolute atomic E-state index is 12.1. The number of para-hydroxylation sites is 1. The third-order valence-electron chi connectivity index (χ3n) is 3.10. The van der Waals surface area contributed by atoms with Crippen LogP contribution in [0.1, 0.15) is 15.9 Å². The maximum Gasteiger partial charge on any atom is 0.187 e. The third kappa shape index (κ3) is 2.64. The highest BCUT2D eigenvalue weighted by molar-refractivity contribution is 6.08. The molecule has 0 aliphatic carbocycles. The Labute approximate surface area is 117 Å². The minimum absolute atomic E-state index is 0.0351. The summed E-state index contributed by atoms with van der Waals surface area (Å²) in [6.07, 6.45) is 5.03. The van der Waals surface area contributed by atoms with Gasteiger partial charge in [0.2, 0.25) is 0 Å². The van der Waals surface area contributed by atoms with Gasteiger partial charge >= 0.3 is 0 Å². The van der Waals surface area contributed by atoms with Gasteiger partial charge in [-0.25, -0.2) is 0 Å². The second-order valence-corrected chi connectivity index (χ2v) is 4.52. The van der Waals surface area contributed by atoms with E-state index in [9.17, 15) is 4.79 Å². The summed E-state index contributed by atoms with van der Waals surface area (Å²) in [7, 11) is 0. The summed E-state index contributed by atoms with van der Waals surface area (Å²) in [6, 6.07) is 19.4. The summed E-state index contributed by atoms with van der Waals surface area (Å²) < 4.78 is 0. The van der Waals surface area contributed by atoms with Crippen molar-refractivity contribution in [2.45, 2.75) is 0 Å². The number of aromatic nitrogens is 1. The monoisotopic (exact) mass is 259 g/mol. The number of nitrogens with zero attached hydrogens (tertiary/aromatic N) is 1. The summed E-state index contributed by atoms with van der Waals surface area (Å²) >= 11 is 0. The van der Waals surface area contributed by atoms with Gasteiger partial charge in [-0.3, -0.25) is 9.78 Å². The fraction of sp³-hybridized carbons (Fsp3) is 0. The lowest BCUT2D eigenvalue weighted by atomic mass is 10.1. The number of carbonyl (C=O) groups excluding carboxylic acids is 1. The van der Waals surface area contributed by atoms with E-state index in [1.54, 1.807) is 12.3 Å². The lowest BCUT2D eigenvalue weighted by molar-refractivity contribution is 0.104. The first-order chi connectivity index (χ1) is 9.83. The number of ketones is 1. The predicted octanol–water partition coefficient (Wildman–Crippen LogP) is 4.13. The molecule has 0 N–H and O–H groups in total. The molecule has 0 atom stereocenters. The van der Waals surface area contributed by atoms with Crippen molar-refractivity contribution in [2.75, 3.05) is 0 Å². The number of allylic oxidation sites excluding steroid dienone is 1. The van der Waals surface area contributed by atoms with E-state index in [1.807, 2.05) is 66.7 Å². The fourth-order valence-electron chi connectivity index (χ4n) is 2.04. The Bertz CT molecular complexity index is 776. The molecule has 1 aromatic heterocycles. The van der Waals surface area contributed by atoms with E-state index in [0.29, 0.717) is 5.56 Å². The van der Waals surface area contributed by atoms with Gasteiger partial charge < -0.3 is 0 Å². The Morgan fingerprint density at radius 3 is 2.55 bits per heavy atom. The van der Waals surface area contributed by atoms with Crippen molar-refractivity contribution >= 4 is 22.8 Å². The van der Waals surface area contributed by atoms with Gasteiger partial charge in [-0.1, -0.05) is 54.6 Å². The number of rotatable bonds is 3. The maximum atomic E-state index is 12.1. The molecule has 0 saturated carbocycles. The topological polar surface area (TPSA) is 30.0 Å². The van der Waals surface area contributed by atoms with Crippen LogP contribution >= 0.6 is 0 Å². The Kier molecular flexibility index (Phi) is 3.38.